The van der Waals surface area contributed by atoms with E-state index in [4.69, 9.17) is 0 Å². The zero-order valence-electron chi connectivity index (χ0n) is 8.33. The van der Waals surface area contributed by atoms with Crippen molar-refractivity contribution in [2.45, 2.75) is 45.0 Å². The third kappa shape index (κ3) is 0.789. The average molecular weight is 188 g/mol. The van der Waals surface area contributed by atoms with Gasteiger partial charge in [-0.1, -0.05) is 13.8 Å². The van der Waals surface area contributed by atoms with Crippen LogP contribution in [0.1, 0.15) is 27.7 Å². The second-order valence-electron chi connectivity index (χ2n) is 4.33. The van der Waals surface area contributed by atoms with Gasteiger partial charge in [0.2, 0.25) is 0 Å². The van der Waals surface area contributed by atoms with Gasteiger partial charge in [-0.3, -0.25) is 4.79 Å². The summed E-state index contributed by atoms with van der Waals surface area (Å²) in [6.45, 7) is 5.69. The first-order valence-electron chi connectivity index (χ1n) is 4.28. The van der Waals surface area contributed by atoms with Crippen LogP contribution in [0.3, 0.4) is 0 Å². The van der Waals surface area contributed by atoms with E-state index in [1.165, 1.54) is 13.8 Å². The highest BCUT2D eigenvalue weighted by atomic mass is 16.4. The van der Waals surface area contributed by atoms with Gasteiger partial charge in [-0.05, 0) is 13.8 Å². The molecule has 1 rings (SSSR count). The fourth-order valence-electron chi connectivity index (χ4n) is 2.40. The Bertz CT molecular complexity index is 258. The van der Waals surface area contributed by atoms with Crippen molar-refractivity contribution in [2.24, 2.45) is 5.41 Å². The number of carbonyl (C=O) groups is 1. The van der Waals surface area contributed by atoms with Gasteiger partial charge < -0.3 is 15.3 Å². The maximum absolute atomic E-state index is 11.1. The summed E-state index contributed by atoms with van der Waals surface area (Å²) in [5.41, 5.74) is -4.51. The molecule has 0 heterocycles. The van der Waals surface area contributed by atoms with Gasteiger partial charge in [-0.15, -0.1) is 0 Å². The second-order valence-corrected chi connectivity index (χ2v) is 4.33. The molecule has 1 aliphatic carbocycles. The lowest BCUT2D eigenvalue weighted by Gasteiger charge is -2.16. The maximum Gasteiger partial charge on any atom is 0.165 e. The number of hydrogen-bond acceptors (Lipinski definition) is 4. The SMILES string of the molecule is CC(=O)[C@]1(O)C(C)(C)[C@]1(O)C(C)O. The molecule has 0 aromatic heterocycles. The summed E-state index contributed by atoms with van der Waals surface area (Å²) in [5, 5.41) is 29.1. The lowest BCUT2D eigenvalue weighted by Crippen LogP contribution is -2.39. The van der Waals surface area contributed by atoms with Crippen LogP contribution in [0, 0.1) is 5.41 Å². The lowest BCUT2D eigenvalue weighted by atomic mass is 10.0. The van der Waals surface area contributed by atoms with Gasteiger partial charge in [0.25, 0.3) is 0 Å². The predicted octanol–water partition coefficient (Wildman–Crippen LogP) is -0.542. The van der Waals surface area contributed by atoms with Gasteiger partial charge in [0.1, 0.15) is 5.60 Å². The maximum atomic E-state index is 11.1. The molecule has 76 valence electrons. The molecule has 0 spiro atoms. The van der Waals surface area contributed by atoms with E-state index in [1.54, 1.807) is 13.8 Å². The molecule has 3 atom stereocenters. The molecular formula is C9H16O4. The van der Waals surface area contributed by atoms with E-state index in [9.17, 15) is 20.1 Å². The van der Waals surface area contributed by atoms with Gasteiger partial charge in [0, 0.05) is 5.41 Å². The van der Waals surface area contributed by atoms with Crippen molar-refractivity contribution in [3.05, 3.63) is 0 Å². The zero-order chi connectivity index (χ0) is 10.7. The summed E-state index contributed by atoms with van der Waals surface area (Å²) in [7, 11) is 0. The molecule has 1 aliphatic rings. The van der Waals surface area contributed by atoms with Gasteiger partial charge in [0.05, 0.1) is 6.10 Å². The Hall–Kier alpha value is -0.450. The molecule has 3 N–H and O–H groups in total. The number of aliphatic hydroxyl groups is 3. The molecule has 4 nitrogen and oxygen atoms in total. The molecule has 0 aliphatic heterocycles. The minimum atomic E-state index is -1.81. The van der Waals surface area contributed by atoms with Gasteiger partial charge in [-0.25, -0.2) is 0 Å². The zero-order valence-corrected chi connectivity index (χ0v) is 8.33. The molecule has 13 heavy (non-hydrogen) atoms. The number of aliphatic hydroxyl groups excluding tert-OH is 1. The first-order valence-corrected chi connectivity index (χ1v) is 4.28. The molecule has 0 radical (unpaired) electrons. The molecule has 1 unspecified atom stereocenters. The summed E-state index contributed by atoms with van der Waals surface area (Å²) in [5.74, 6) is -0.513. The molecule has 4 heteroatoms. The van der Waals surface area contributed by atoms with E-state index in [0.717, 1.165) is 0 Å². The molecule has 0 amide bonds. The minimum absolute atomic E-state index is 0.513. The van der Waals surface area contributed by atoms with Crippen LogP contribution in [0.4, 0.5) is 0 Å². The summed E-state index contributed by atoms with van der Waals surface area (Å²) in [4.78, 5) is 11.1. The van der Waals surface area contributed by atoms with Gasteiger partial charge in [0.15, 0.2) is 11.4 Å². The Morgan fingerprint density at radius 1 is 1.31 bits per heavy atom. The highest BCUT2D eigenvalue weighted by molar-refractivity contribution is 5.93. The Kier molecular flexibility index (Phi) is 1.90. The Morgan fingerprint density at radius 2 is 1.69 bits per heavy atom. The summed E-state index contributed by atoms with van der Waals surface area (Å²) >= 11 is 0. The highest BCUT2D eigenvalue weighted by Gasteiger charge is 2.86. The highest BCUT2D eigenvalue weighted by Crippen LogP contribution is 2.66. The van der Waals surface area contributed by atoms with E-state index in [-0.39, 0.29) is 0 Å². The van der Waals surface area contributed by atoms with Crippen molar-refractivity contribution < 1.29 is 20.1 Å². The van der Waals surface area contributed by atoms with Crippen LogP contribution in [-0.4, -0.2) is 38.4 Å². The van der Waals surface area contributed by atoms with Crippen LogP contribution in [-0.2, 0) is 4.79 Å². The van der Waals surface area contributed by atoms with Crippen molar-refractivity contribution in [1.29, 1.82) is 0 Å². The van der Waals surface area contributed by atoms with E-state index in [1.807, 2.05) is 0 Å². The lowest BCUT2D eigenvalue weighted by molar-refractivity contribution is -0.135. The van der Waals surface area contributed by atoms with E-state index in [2.05, 4.69) is 0 Å². The van der Waals surface area contributed by atoms with E-state index in [0.29, 0.717) is 0 Å². The third-order valence-corrected chi connectivity index (χ3v) is 3.46. The summed E-state index contributed by atoms with van der Waals surface area (Å²) < 4.78 is 0. The van der Waals surface area contributed by atoms with E-state index < -0.39 is 28.5 Å². The van der Waals surface area contributed by atoms with Crippen molar-refractivity contribution in [2.75, 3.05) is 0 Å². The van der Waals surface area contributed by atoms with Crippen LogP contribution in [0.15, 0.2) is 0 Å². The molecular weight excluding hydrogens is 172 g/mol. The number of carbonyl (C=O) groups excluding carboxylic acids is 1. The van der Waals surface area contributed by atoms with Crippen LogP contribution >= 0.6 is 0 Å². The first kappa shape index (κ1) is 10.6. The number of hydrogen-bond donors (Lipinski definition) is 3. The summed E-state index contributed by atoms with van der Waals surface area (Å²) in [6.07, 6.45) is -1.13. The minimum Gasteiger partial charge on any atom is -0.390 e. The Balaban J connectivity index is 3.14. The largest absolute Gasteiger partial charge is 0.390 e. The Morgan fingerprint density at radius 3 is 1.77 bits per heavy atom. The van der Waals surface area contributed by atoms with Crippen LogP contribution in [0.2, 0.25) is 0 Å². The quantitative estimate of drug-likeness (QED) is 0.544. The second kappa shape index (κ2) is 2.32. The predicted molar refractivity (Wildman–Crippen MR) is 46.0 cm³/mol. The molecule has 1 fully saturated rings. The van der Waals surface area contributed by atoms with Gasteiger partial charge in [-0.2, -0.15) is 0 Å². The number of ketones is 1. The van der Waals surface area contributed by atoms with Crippen LogP contribution in [0.5, 0.6) is 0 Å². The number of rotatable bonds is 2. The van der Waals surface area contributed by atoms with E-state index >= 15 is 0 Å². The molecule has 0 aromatic carbocycles. The number of Topliss-reactive ketones (excluding diaryl/α,β-unsaturated/α-hetero) is 1. The fraction of sp³-hybridized carbons (Fsp3) is 0.889. The van der Waals surface area contributed by atoms with Crippen molar-refractivity contribution >= 4 is 5.78 Å². The van der Waals surface area contributed by atoms with Crippen molar-refractivity contribution in [1.82, 2.24) is 0 Å². The first-order chi connectivity index (χ1) is 5.64. The fourth-order valence-corrected chi connectivity index (χ4v) is 2.40. The molecule has 0 saturated heterocycles. The Labute approximate surface area is 77.2 Å². The average Bonchev–Trinajstić information content (AvgIpc) is 2.32. The smallest absolute Gasteiger partial charge is 0.165 e. The molecule has 0 aromatic rings. The summed E-state index contributed by atoms with van der Waals surface area (Å²) in [6, 6.07) is 0. The standard InChI is InChI=1S/C9H16O4/c1-5(10)8(12)7(3,4)9(8,13)6(2)11/h5,10,12-13H,1-4H3/t5?,8-,9+/m1/s1. The van der Waals surface area contributed by atoms with Crippen molar-refractivity contribution in [3.8, 4) is 0 Å². The molecule has 1 saturated carbocycles. The van der Waals surface area contributed by atoms with Gasteiger partial charge >= 0.3 is 0 Å². The van der Waals surface area contributed by atoms with Crippen LogP contribution < -0.4 is 0 Å². The monoisotopic (exact) mass is 188 g/mol. The normalized spacial score (nSPS) is 44.2. The third-order valence-electron chi connectivity index (χ3n) is 3.46. The topological polar surface area (TPSA) is 77.8 Å². The van der Waals surface area contributed by atoms with Crippen molar-refractivity contribution in [3.63, 3.8) is 0 Å². The molecule has 0 bridgehead atoms. The van der Waals surface area contributed by atoms with Crippen LogP contribution in [0.25, 0.3) is 0 Å².